The number of aromatic nitrogens is 3. The highest BCUT2D eigenvalue weighted by Gasteiger charge is 2.14. The van der Waals surface area contributed by atoms with Gasteiger partial charge in [-0.2, -0.15) is 0 Å². The first-order valence-electron chi connectivity index (χ1n) is 6.82. The Morgan fingerprint density at radius 3 is 2.65 bits per heavy atom. The SMILES string of the molecule is CC(C)(C)n1cc(CNCCc2ccccc2F)nn1. The summed E-state index contributed by atoms with van der Waals surface area (Å²) in [7, 11) is 0. The van der Waals surface area contributed by atoms with Crippen molar-refractivity contribution in [2.45, 2.75) is 39.3 Å². The van der Waals surface area contributed by atoms with Gasteiger partial charge in [-0.25, -0.2) is 9.07 Å². The van der Waals surface area contributed by atoms with E-state index in [1.54, 1.807) is 6.07 Å². The lowest BCUT2D eigenvalue weighted by Gasteiger charge is -2.17. The van der Waals surface area contributed by atoms with Crippen LogP contribution in [0.4, 0.5) is 4.39 Å². The zero-order valence-electron chi connectivity index (χ0n) is 12.2. The number of halogens is 1. The summed E-state index contributed by atoms with van der Waals surface area (Å²) in [6, 6.07) is 6.86. The number of benzene rings is 1. The highest BCUT2D eigenvalue weighted by Crippen LogP contribution is 2.11. The van der Waals surface area contributed by atoms with Crippen molar-refractivity contribution < 1.29 is 4.39 Å². The first-order chi connectivity index (χ1) is 9.47. The van der Waals surface area contributed by atoms with Gasteiger partial charge in [0.15, 0.2) is 0 Å². The van der Waals surface area contributed by atoms with Crippen molar-refractivity contribution in [1.82, 2.24) is 20.3 Å². The predicted molar refractivity (Wildman–Crippen MR) is 76.8 cm³/mol. The van der Waals surface area contributed by atoms with Crippen molar-refractivity contribution in [2.24, 2.45) is 0 Å². The van der Waals surface area contributed by atoms with Gasteiger partial charge < -0.3 is 5.32 Å². The fourth-order valence-electron chi connectivity index (χ4n) is 1.85. The molecule has 0 aliphatic heterocycles. The monoisotopic (exact) mass is 276 g/mol. The second kappa shape index (κ2) is 6.13. The molecular weight excluding hydrogens is 255 g/mol. The summed E-state index contributed by atoms with van der Waals surface area (Å²) in [5.74, 6) is -0.145. The molecule has 1 aromatic carbocycles. The van der Waals surface area contributed by atoms with Gasteiger partial charge in [-0.1, -0.05) is 23.4 Å². The van der Waals surface area contributed by atoms with Crippen molar-refractivity contribution in [2.75, 3.05) is 6.54 Å². The van der Waals surface area contributed by atoms with Crippen LogP contribution in [0.15, 0.2) is 30.5 Å². The Bertz CT molecular complexity index is 557. The molecule has 0 amide bonds. The van der Waals surface area contributed by atoms with E-state index < -0.39 is 0 Å². The van der Waals surface area contributed by atoms with Gasteiger partial charge in [0.1, 0.15) is 5.82 Å². The average Bonchev–Trinajstić information content (AvgIpc) is 2.85. The molecule has 20 heavy (non-hydrogen) atoms. The minimum atomic E-state index is -0.145. The molecule has 2 rings (SSSR count). The van der Waals surface area contributed by atoms with Crippen molar-refractivity contribution in [3.8, 4) is 0 Å². The molecule has 0 bridgehead atoms. The van der Waals surface area contributed by atoms with Crippen LogP contribution in [0.1, 0.15) is 32.0 Å². The van der Waals surface area contributed by atoms with Gasteiger partial charge in [0.2, 0.25) is 0 Å². The van der Waals surface area contributed by atoms with E-state index in [1.807, 2.05) is 23.0 Å². The fourth-order valence-corrected chi connectivity index (χ4v) is 1.85. The summed E-state index contributed by atoms with van der Waals surface area (Å²) in [6.07, 6.45) is 2.61. The number of hydrogen-bond donors (Lipinski definition) is 1. The van der Waals surface area contributed by atoms with Crippen molar-refractivity contribution in [3.63, 3.8) is 0 Å². The molecule has 1 heterocycles. The molecule has 0 unspecified atom stereocenters. The first kappa shape index (κ1) is 14.7. The molecule has 1 aromatic heterocycles. The molecule has 5 heteroatoms. The Kier molecular flexibility index (Phi) is 4.49. The quantitative estimate of drug-likeness (QED) is 0.853. The van der Waals surface area contributed by atoms with E-state index in [-0.39, 0.29) is 11.4 Å². The largest absolute Gasteiger partial charge is 0.311 e. The third-order valence-corrected chi connectivity index (χ3v) is 3.06. The van der Waals surface area contributed by atoms with Crippen molar-refractivity contribution in [3.05, 3.63) is 47.5 Å². The van der Waals surface area contributed by atoms with Gasteiger partial charge in [0.25, 0.3) is 0 Å². The first-order valence-corrected chi connectivity index (χ1v) is 6.82. The van der Waals surface area contributed by atoms with Crippen LogP contribution in [0.5, 0.6) is 0 Å². The molecule has 4 nitrogen and oxygen atoms in total. The standard InChI is InChI=1S/C15H21FN4/c1-15(2,3)20-11-13(18-19-20)10-17-9-8-12-6-4-5-7-14(12)16/h4-7,11,17H,8-10H2,1-3H3. The van der Waals surface area contributed by atoms with E-state index >= 15 is 0 Å². The Balaban J connectivity index is 1.79. The molecule has 2 aromatic rings. The molecule has 0 saturated heterocycles. The number of nitrogens with one attached hydrogen (secondary N) is 1. The van der Waals surface area contributed by atoms with E-state index in [0.29, 0.717) is 19.5 Å². The second-order valence-corrected chi connectivity index (χ2v) is 5.84. The fraction of sp³-hybridized carbons (Fsp3) is 0.467. The maximum Gasteiger partial charge on any atom is 0.126 e. The molecule has 0 fully saturated rings. The number of rotatable bonds is 5. The lowest BCUT2D eigenvalue weighted by atomic mass is 10.1. The summed E-state index contributed by atoms with van der Waals surface area (Å²) in [5, 5.41) is 11.5. The van der Waals surface area contributed by atoms with E-state index in [9.17, 15) is 4.39 Å². The third-order valence-electron chi connectivity index (χ3n) is 3.06. The van der Waals surface area contributed by atoms with Crippen LogP contribution in [0.2, 0.25) is 0 Å². The lowest BCUT2D eigenvalue weighted by Crippen LogP contribution is -2.22. The zero-order valence-corrected chi connectivity index (χ0v) is 12.2. The van der Waals surface area contributed by atoms with Gasteiger partial charge in [-0.05, 0) is 45.4 Å². The highest BCUT2D eigenvalue weighted by molar-refractivity contribution is 5.17. The average molecular weight is 276 g/mol. The molecule has 0 atom stereocenters. The molecule has 108 valence electrons. The maximum atomic E-state index is 13.4. The van der Waals surface area contributed by atoms with E-state index in [1.165, 1.54) is 6.07 Å². The Hall–Kier alpha value is -1.75. The lowest BCUT2D eigenvalue weighted by molar-refractivity contribution is 0.347. The summed E-state index contributed by atoms with van der Waals surface area (Å²) in [4.78, 5) is 0. The summed E-state index contributed by atoms with van der Waals surface area (Å²) in [5.41, 5.74) is 1.57. The van der Waals surface area contributed by atoms with Gasteiger partial charge in [0, 0.05) is 6.54 Å². The van der Waals surface area contributed by atoms with Crippen molar-refractivity contribution >= 4 is 0 Å². The van der Waals surface area contributed by atoms with E-state index in [2.05, 4.69) is 36.4 Å². The third kappa shape index (κ3) is 3.87. The van der Waals surface area contributed by atoms with Gasteiger partial charge >= 0.3 is 0 Å². The van der Waals surface area contributed by atoms with Crippen LogP contribution in [0.3, 0.4) is 0 Å². The molecule has 0 spiro atoms. The summed E-state index contributed by atoms with van der Waals surface area (Å²) >= 11 is 0. The number of hydrogen-bond acceptors (Lipinski definition) is 3. The van der Waals surface area contributed by atoms with Crippen LogP contribution in [-0.2, 0) is 18.5 Å². The van der Waals surface area contributed by atoms with E-state index in [0.717, 1.165) is 11.3 Å². The molecule has 0 saturated carbocycles. The molecule has 0 aliphatic rings. The summed E-state index contributed by atoms with van der Waals surface area (Å²) < 4.78 is 15.3. The smallest absolute Gasteiger partial charge is 0.126 e. The topological polar surface area (TPSA) is 42.7 Å². The van der Waals surface area contributed by atoms with Crippen LogP contribution in [0.25, 0.3) is 0 Å². The second-order valence-electron chi connectivity index (χ2n) is 5.84. The molecule has 0 aliphatic carbocycles. The van der Waals surface area contributed by atoms with E-state index in [4.69, 9.17) is 0 Å². The Morgan fingerprint density at radius 1 is 1.25 bits per heavy atom. The molecule has 1 N–H and O–H groups in total. The predicted octanol–water partition coefficient (Wildman–Crippen LogP) is 2.50. The maximum absolute atomic E-state index is 13.4. The minimum Gasteiger partial charge on any atom is -0.311 e. The van der Waals surface area contributed by atoms with Crippen LogP contribution in [-0.4, -0.2) is 21.5 Å². The van der Waals surface area contributed by atoms with Gasteiger partial charge in [-0.3, -0.25) is 0 Å². The van der Waals surface area contributed by atoms with Crippen LogP contribution >= 0.6 is 0 Å². The molecular formula is C15H21FN4. The van der Waals surface area contributed by atoms with Gasteiger partial charge in [0.05, 0.1) is 17.4 Å². The Morgan fingerprint density at radius 2 is 2.00 bits per heavy atom. The number of nitrogens with zero attached hydrogens (tertiary/aromatic N) is 3. The molecule has 0 radical (unpaired) electrons. The van der Waals surface area contributed by atoms with Crippen LogP contribution in [0, 0.1) is 5.82 Å². The summed E-state index contributed by atoms with van der Waals surface area (Å²) in [6.45, 7) is 7.60. The van der Waals surface area contributed by atoms with Crippen molar-refractivity contribution in [1.29, 1.82) is 0 Å². The zero-order chi connectivity index (χ0) is 14.6. The minimum absolute atomic E-state index is 0.0571. The van der Waals surface area contributed by atoms with Gasteiger partial charge in [-0.15, -0.1) is 5.10 Å². The van der Waals surface area contributed by atoms with Crippen LogP contribution < -0.4 is 5.32 Å². The normalized spacial score (nSPS) is 11.8. The Labute approximate surface area is 119 Å². The highest BCUT2D eigenvalue weighted by atomic mass is 19.1.